The van der Waals surface area contributed by atoms with Crippen molar-refractivity contribution in [3.8, 4) is 5.75 Å². The standard InChI is InChI=1S/C22H18N4O5/c1-13-17(21(29)26(24-13)14-7-4-3-5-8-14)12-18-19(27)23-22(30)25(20(18)28)15-9-6-10-16(11-15)31-2/h3-12,17H,1-2H3,(H,23,27,30). The molecule has 2 aliphatic rings. The highest BCUT2D eigenvalue weighted by Gasteiger charge is 2.40. The zero-order chi connectivity index (χ0) is 22.1. The lowest BCUT2D eigenvalue weighted by Crippen LogP contribution is -2.54. The summed E-state index contributed by atoms with van der Waals surface area (Å²) >= 11 is 0. The van der Waals surface area contributed by atoms with Crippen LogP contribution in [0, 0.1) is 5.92 Å². The van der Waals surface area contributed by atoms with Gasteiger partial charge in [-0.2, -0.15) is 10.1 Å². The van der Waals surface area contributed by atoms with E-state index in [0.29, 0.717) is 17.1 Å². The van der Waals surface area contributed by atoms with E-state index in [4.69, 9.17) is 4.74 Å². The van der Waals surface area contributed by atoms with Gasteiger partial charge in [0.1, 0.15) is 11.3 Å². The van der Waals surface area contributed by atoms with Crippen LogP contribution in [0.3, 0.4) is 0 Å². The van der Waals surface area contributed by atoms with Crippen LogP contribution in [0.2, 0.25) is 0 Å². The number of rotatable bonds is 4. The van der Waals surface area contributed by atoms with Crippen molar-refractivity contribution in [3.05, 3.63) is 66.2 Å². The number of benzene rings is 2. The zero-order valence-electron chi connectivity index (χ0n) is 16.7. The third kappa shape index (κ3) is 3.57. The number of methoxy groups -OCH3 is 1. The van der Waals surface area contributed by atoms with Crippen LogP contribution in [-0.4, -0.2) is 36.6 Å². The van der Waals surface area contributed by atoms with E-state index in [-0.39, 0.29) is 11.3 Å². The molecule has 2 heterocycles. The summed E-state index contributed by atoms with van der Waals surface area (Å²) in [5.74, 6) is -2.58. The van der Waals surface area contributed by atoms with Gasteiger partial charge in [0.05, 0.1) is 30.1 Å². The molecule has 0 radical (unpaired) electrons. The number of carbonyl (C=O) groups excluding carboxylic acids is 4. The molecule has 9 heteroatoms. The summed E-state index contributed by atoms with van der Waals surface area (Å²) < 4.78 is 5.14. The van der Waals surface area contributed by atoms with Crippen LogP contribution in [-0.2, 0) is 14.4 Å². The molecule has 31 heavy (non-hydrogen) atoms. The highest BCUT2D eigenvalue weighted by atomic mass is 16.5. The lowest BCUT2D eigenvalue weighted by atomic mass is 9.98. The quantitative estimate of drug-likeness (QED) is 0.605. The van der Waals surface area contributed by atoms with Crippen molar-refractivity contribution in [2.45, 2.75) is 6.92 Å². The molecule has 5 amide bonds. The fraction of sp³-hybridized carbons (Fsp3) is 0.136. The van der Waals surface area contributed by atoms with Gasteiger partial charge in [-0.05, 0) is 37.3 Å². The van der Waals surface area contributed by atoms with Crippen LogP contribution in [0.1, 0.15) is 6.92 Å². The second-order valence-corrected chi connectivity index (χ2v) is 6.89. The molecule has 2 aromatic rings. The van der Waals surface area contributed by atoms with Crippen LogP contribution in [0.25, 0.3) is 0 Å². The van der Waals surface area contributed by atoms with E-state index in [2.05, 4.69) is 10.4 Å². The normalized spacial score (nSPS) is 20.3. The number of hydrazone groups is 1. The number of imide groups is 2. The first-order valence-electron chi connectivity index (χ1n) is 9.40. The molecular formula is C22H18N4O5. The number of anilines is 2. The Morgan fingerprint density at radius 1 is 1.00 bits per heavy atom. The summed E-state index contributed by atoms with van der Waals surface area (Å²) in [7, 11) is 1.46. The summed E-state index contributed by atoms with van der Waals surface area (Å²) in [6.45, 7) is 1.64. The smallest absolute Gasteiger partial charge is 0.335 e. The van der Waals surface area contributed by atoms with Crippen molar-refractivity contribution in [1.82, 2.24) is 5.32 Å². The molecule has 4 rings (SSSR count). The Morgan fingerprint density at radius 3 is 2.42 bits per heavy atom. The average molecular weight is 418 g/mol. The molecule has 1 unspecified atom stereocenters. The molecule has 0 aromatic heterocycles. The molecule has 1 saturated heterocycles. The monoisotopic (exact) mass is 418 g/mol. The first-order valence-corrected chi connectivity index (χ1v) is 9.40. The van der Waals surface area contributed by atoms with Crippen LogP contribution >= 0.6 is 0 Å². The molecule has 1 fully saturated rings. The van der Waals surface area contributed by atoms with Crippen molar-refractivity contribution in [1.29, 1.82) is 0 Å². The maximum Gasteiger partial charge on any atom is 0.335 e. The highest BCUT2D eigenvalue weighted by molar-refractivity contribution is 6.38. The Bertz CT molecular complexity index is 1160. The maximum absolute atomic E-state index is 13.1. The van der Waals surface area contributed by atoms with Crippen LogP contribution in [0.5, 0.6) is 5.75 Å². The number of amides is 5. The van der Waals surface area contributed by atoms with Gasteiger partial charge in [0, 0.05) is 6.07 Å². The molecular weight excluding hydrogens is 400 g/mol. The molecule has 0 aliphatic carbocycles. The van der Waals surface area contributed by atoms with Crippen molar-refractivity contribution in [2.24, 2.45) is 11.0 Å². The van der Waals surface area contributed by atoms with E-state index in [0.717, 1.165) is 4.90 Å². The van der Waals surface area contributed by atoms with Gasteiger partial charge in [0.2, 0.25) is 0 Å². The number of nitrogens with one attached hydrogen (secondary N) is 1. The molecule has 156 valence electrons. The Balaban J connectivity index is 1.67. The van der Waals surface area contributed by atoms with Crippen molar-refractivity contribution in [3.63, 3.8) is 0 Å². The average Bonchev–Trinajstić information content (AvgIpc) is 3.05. The van der Waals surface area contributed by atoms with E-state index in [9.17, 15) is 19.2 Å². The van der Waals surface area contributed by atoms with Gasteiger partial charge in [-0.3, -0.25) is 19.7 Å². The van der Waals surface area contributed by atoms with Gasteiger partial charge in [0.15, 0.2) is 0 Å². The molecule has 2 aromatic carbocycles. The number of ether oxygens (including phenoxy) is 1. The fourth-order valence-corrected chi connectivity index (χ4v) is 3.35. The Kier molecular flexibility index (Phi) is 5.08. The number of hydrogen-bond acceptors (Lipinski definition) is 6. The predicted octanol–water partition coefficient (Wildman–Crippen LogP) is 2.24. The summed E-state index contributed by atoms with van der Waals surface area (Å²) in [6.07, 6.45) is 1.25. The molecule has 2 aliphatic heterocycles. The molecule has 1 N–H and O–H groups in total. The third-order valence-corrected chi connectivity index (χ3v) is 4.93. The topological polar surface area (TPSA) is 108 Å². The number of urea groups is 1. The van der Waals surface area contributed by atoms with Crippen molar-refractivity contribution in [2.75, 3.05) is 17.0 Å². The predicted molar refractivity (Wildman–Crippen MR) is 113 cm³/mol. The van der Waals surface area contributed by atoms with Crippen LogP contribution < -0.4 is 20.0 Å². The molecule has 1 atom stereocenters. The van der Waals surface area contributed by atoms with E-state index in [1.165, 1.54) is 30.3 Å². The third-order valence-electron chi connectivity index (χ3n) is 4.93. The number of para-hydroxylation sites is 1. The number of carbonyl (C=O) groups is 4. The van der Waals surface area contributed by atoms with E-state index in [1.54, 1.807) is 43.3 Å². The summed E-state index contributed by atoms with van der Waals surface area (Å²) in [5.41, 5.74) is 0.909. The first-order chi connectivity index (χ1) is 14.9. The van der Waals surface area contributed by atoms with Crippen molar-refractivity contribution >= 4 is 40.8 Å². The summed E-state index contributed by atoms with van der Waals surface area (Å²) in [4.78, 5) is 51.6. The number of nitrogens with zero attached hydrogens (tertiary/aromatic N) is 3. The maximum atomic E-state index is 13.1. The van der Waals surface area contributed by atoms with Gasteiger partial charge in [-0.1, -0.05) is 24.3 Å². The van der Waals surface area contributed by atoms with Crippen LogP contribution in [0.4, 0.5) is 16.2 Å². The van der Waals surface area contributed by atoms with Gasteiger partial charge in [0.25, 0.3) is 17.7 Å². The highest BCUT2D eigenvalue weighted by Crippen LogP contribution is 2.28. The second kappa shape index (κ2) is 7.86. The van der Waals surface area contributed by atoms with Crippen LogP contribution in [0.15, 0.2) is 71.3 Å². The lowest BCUT2D eigenvalue weighted by molar-refractivity contribution is -0.122. The Labute approximate surface area is 177 Å². The van der Waals surface area contributed by atoms with E-state index >= 15 is 0 Å². The second-order valence-electron chi connectivity index (χ2n) is 6.89. The molecule has 0 spiro atoms. The SMILES string of the molecule is COc1cccc(N2C(=O)NC(=O)C(=CC3C(=O)N(c4ccccc4)N=C3C)C2=O)c1. The minimum atomic E-state index is -0.912. The largest absolute Gasteiger partial charge is 0.497 e. The fourth-order valence-electron chi connectivity index (χ4n) is 3.35. The number of barbiturate groups is 1. The Hall–Kier alpha value is -4.27. The molecule has 9 nitrogen and oxygen atoms in total. The first kappa shape index (κ1) is 20.0. The lowest BCUT2D eigenvalue weighted by Gasteiger charge is -2.27. The van der Waals surface area contributed by atoms with Gasteiger partial charge in [-0.15, -0.1) is 0 Å². The minimum absolute atomic E-state index is 0.231. The van der Waals surface area contributed by atoms with Gasteiger partial charge < -0.3 is 4.74 Å². The summed E-state index contributed by atoms with van der Waals surface area (Å²) in [6, 6.07) is 14.2. The number of hydrogen-bond donors (Lipinski definition) is 1. The minimum Gasteiger partial charge on any atom is -0.497 e. The van der Waals surface area contributed by atoms with Crippen molar-refractivity contribution < 1.29 is 23.9 Å². The molecule has 0 saturated carbocycles. The van der Waals surface area contributed by atoms with E-state index < -0.39 is 29.7 Å². The zero-order valence-corrected chi connectivity index (χ0v) is 16.7. The summed E-state index contributed by atoms with van der Waals surface area (Å²) in [5, 5.41) is 7.64. The Morgan fingerprint density at radius 2 is 1.71 bits per heavy atom. The molecule has 0 bridgehead atoms. The van der Waals surface area contributed by atoms with Gasteiger partial charge >= 0.3 is 6.03 Å². The van der Waals surface area contributed by atoms with E-state index in [1.807, 2.05) is 6.07 Å². The van der Waals surface area contributed by atoms with Gasteiger partial charge in [-0.25, -0.2) is 9.69 Å².